The molecule has 2 heterocycles. The van der Waals surface area contributed by atoms with Crippen LogP contribution in [0.25, 0.3) is 77.2 Å². The molecule has 7 aromatic carbocycles. The maximum Gasteiger partial charge on any atom is 0.101 e. The molecule has 0 aliphatic carbocycles. The number of rotatable bonds is 4. The molecule has 0 aliphatic rings. The Hall–Kier alpha value is -7.39. The highest BCUT2D eigenvalue weighted by Crippen LogP contribution is 2.39. The van der Waals surface area contributed by atoms with E-state index in [9.17, 15) is 15.8 Å². The molecule has 230 valence electrons. The molecule has 0 saturated heterocycles. The van der Waals surface area contributed by atoms with Gasteiger partial charge in [0.2, 0.25) is 0 Å². The Balaban J connectivity index is 1.25. The van der Waals surface area contributed by atoms with Crippen molar-refractivity contribution in [2.45, 2.75) is 0 Å². The van der Waals surface area contributed by atoms with Crippen molar-refractivity contribution in [2.24, 2.45) is 0 Å². The lowest BCUT2D eigenvalue weighted by molar-refractivity contribution is 1.17. The molecule has 0 fully saturated rings. The first kappa shape index (κ1) is 28.8. The lowest BCUT2D eigenvalue weighted by atomic mass is 9.96. The van der Waals surface area contributed by atoms with E-state index in [0.29, 0.717) is 16.7 Å². The zero-order valence-electron chi connectivity index (χ0n) is 26.7. The summed E-state index contributed by atoms with van der Waals surface area (Å²) in [5, 5.41) is 34.3. The van der Waals surface area contributed by atoms with Crippen LogP contribution in [-0.4, -0.2) is 9.13 Å². The van der Waals surface area contributed by atoms with E-state index in [1.165, 1.54) is 0 Å². The van der Waals surface area contributed by atoms with Gasteiger partial charge in [0.05, 0.1) is 56.6 Å². The van der Waals surface area contributed by atoms with Crippen LogP contribution in [0.1, 0.15) is 16.7 Å². The summed E-state index contributed by atoms with van der Waals surface area (Å²) in [5.74, 6) is 0. The second-order valence-electron chi connectivity index (χ2n) is 12.3. The van der Waals surface area contributed by atoms with Gasteiger partial charge in [-0.1, -0.05) is 91.0 Å². The molecule has 0 radical (unpaired) electrons. The average Bonchev–Trinajstić information content (AvgIpc) is 3.71. The van der Waals surface area contributed by atoms with Crippen LogP contribution in [0.2, 0.25) is 0 Å². The van der Waals surface area contributed by atoms with E-state index in [2.05, 4.69) is 94.1 Å². The highest BCUT2D eigenvalue weighted by molar-refractivity contribution is 6.13. The highest BCUT2D eigenvalue weighted by Gasteiger charge is 2.19. The van der Waals surface area contributed by atoms with E-state index in [4.69, 9.17) is 0 Å². The molecule has 0 spiro atoms. The van der Waals surface area contributed by atoms with Gasteiger partial charge in [0.15, 0.2) is 0 Å². The van der Waals surface area contributed by atoms with E-state index in [0.717, 1.165) is 77.2 Å². The van der Waals surface area contributed by atoms with Crippen molar-refractivity contribution in [3.05, 3.63) is 168 Å². The lowest BCUT2D eigenvalue weighted by Gasteiger charge is -2.15. The summed E-state index contributed by atoms with van der Waals surface area (Å²) in [6.07, 6.45) is 0. The van der Waals surface area contributed by atoms with Gasteiger partial charge in [-0.3, -0.25) is 0 Å². The highest BCUT2D eigenvalue weighted by atomic mass is 15.0. The van der Waals surface area contributed by atoms with Gasteiger partial charge in [-0.25, -0.2) is 0 Å². The molecular weight excluding hydrogens is 611 g/mol. The summed E-state index contributed by atoms with van der Waals surface area (Å²) in [4.78, 5) is 0. The minimum absolute atomic E-state index is 0.530. The fraction of sp³-hybridized carbons (Fsp3) is 0. The van der Waals surface area contributed by atoms with Crippen molar-refractivity contribution in [3.63, 3.8) is 0 Å². The summed E-state index contributed by atoms with van der Waals surface area (Å²) in [5.41, 5.74) is 11.3. The normalized spacial score (nSPS) is 11.1. The second-order valence-corrected chi connectivity index (χ2v) is 12.3. The van der Waals surface area contributed by atoms with Gasteiger partial charge in [-0.15, -0.1) is 0 Å². The van der Waals surface area contributed by atoms with Gasteiger partial charge in [-0.05, 0) is 77.4 Å². The number of fused-ring (bicyclic) bond motifs is 6. The Labute approximate surface area is 287 Å². The van der Waals surface area contributed by atoms with Crippen LogP contribution >= 0.6 is 0 Å². The topological polar surface area (TPSA) is 81.2 Å². The van der Waals surface area contributed by atoms with Crippen molar-refractivity contribution < 1.29 is 0 Å². The summed E-state index contributed by atoms with van der Waals surface area (Å²) in [7, 11) is 0. The number of hydrogen-bond donors (Lipinski definition) is 0. The Kier molecular flexibility index (Phi) is 6.56. The van der Waals surface area contributed by atoms with E-state index < -0.39 is 0 Å². The first-order chi connectivity index (χ1) is 24.7. The second kappa shape index (κ2) is 11.4. The van der Waals surface area contributed by atoms with E-state index in [1.807, 2.05) is 84.9 Å². The first-order valence-corrected chi connectivity index (χ1v) is 16.3. The fourth-order valence-electron chi connectivity index (χ4n) is 7.50. The van der Waals surface area contributed by atoms with Gasteiger partial charge in [-0.2, -0.15) is 15.8 Å². The monoisotopic (exact) mass is 635 g/mol. The van der Waals surface area contributed by atoms with Crippen molar-refractivity contribution in [1.29, 1.82) is 15.8 Å². The smallest absolute Gasteiger partial charge is 0.101 e. The molecule has 50 heavy (non-hydrogen) atoms. The predicted octanol–water partition coefficient (Wildman–Crippen LogP) is 10.8. The zero-order valence-corrected chi connectivity index (χ0v) is 26.7. The third-order valence-electron chi connectivity index (χ3n) is 9.59. The maximum absolute atomic E-state index is 10.2. The molecular formula is C45H25N5. The molecule has 0 amide bonds. The quantitative estimate of drug-likeness (QED) is 0.193. The standard InChI is InChI=1S/C45H25N5/c46-26-29-22-34(25-35(23-29)49-41-19-5-2-15-37(41)38-17-8-13-33(28-48)45(38)49)30-10-7-11-31(24-30)36-14-1-4-18-40(36)50-42-20-6-3-16-39(42)44-32(27-47)12-9-21-43(44)50/h1-25H. The predicted molar refractivity (Wildman–Crippen MR) is 200 cm³/mol. The van der Waals surface area contributed by atoms with Crippen LogP contribution < -0.4 is 0 Å². The number of benzene rings is 7. The molecule has 0 N–H and O–H groups in total. The number of aromatic nitrogens is 2. The van der Waals surface area contributed by atoms with E-state index >= 15 is 0 Å². The molecule has 0 atom stereocenters. The van der Waals surface area contributed by atoms with Crippen LogP contribution in [0.5, 0.6) is 0 Å². The van der Waals surface area contributed by atoms with Gasteiger partial charge >= 0.3 is 0 Å². The Morgan fingerprint density at radius 1 is 0.420 bits per heavy atom. The SMILES string of the molecule is N#Cc1cc(-c2cccc(-c3ccccc3-n3c4ccccc4c4c(C#N)cccc43)c2)cc(-n2c3ccccc3c3cccc(C#N)c32)c1. The van der Waals surface area contributed by atoms with Crippen LogP contribution in [-0.2, 0) is 0 Å². The molecule has 2 aromatic heterocycles. The Morgan fingerprint density at radius 2 is 1.06 bits per heavy atom. The maximum atomic E-state index is 10.2. The lowest BCUT2D eigenvalue weighted by Crippen LogP contribution is -1.98. The Bertz CT molecular complexity index is 2970. The van der Waals surface area contributed by atoms with Crippen LogP contribution in [0.15, 0.2) is 152 Å². The van der Waals surface area contributed by atoms with Gasteiger partial charge < -0.3 is 9.13 Å². The van der Waals surface area contributed by atoms with Crippen LogP contribution in [0.3, 0.4) is 0 Å². The molecule has 9 aromatic rings. The molecule has 5 nitrogen and oxygen atoms in total. The third kappa shape index (κ3) is 4.31. The molecule has 0 saturated carbocycles. The van der Waals surface area contributed by atoms with Crippen molar-refractivity contribution in [3.8, 4) is 51.8 Å². The van der Waals surface area contributed by atoms with E-state index in [-0.39, 0.29) is 0 Å². The molecule has 5 heteroatoms. The van der Waals surface area contributed by atoms with Crippen LogP contribution in [0, 0.1) is 34.0 Å². The summed E-state index contributed by atoms with van der Waals surface area (Å²) in [6, 6.07) is 57.8. The van der Waals surface area contributed by atoms with Gasteiger partial charge in [0.25, 0.3) is 0 Å². The minimum Gasteiger partial charge on any atom is -0.309 e. The third-order valence-corrected chi connectivity index (χ3v) is 9.59. The van der Waals surface area contributed by atoms with Gasteiger partial charge in [0, 0.05) is 32.8 Å². The zero-order chi connectivity index (χ0) is 33.8. The van der Waals surface area contributed by atoms with Crippen molar-refractivity contribution >= 4 is 43.6 Å². The molecule has 0 bridgehead atoms. The average molecular weight is 636 g/mol. The summed E-state index contributed by atoms with van der Waals surface area (Å²) < 4.78 is 4.35. The number of para-hydroxylation sites is 4. The Morgan fingerprint density at radius 3 is 1.88 bits per heavy atom. The number of hydrogen-bond acceptors (Lipinski definition) is 3. The minimum atomic E-state index is 0.530. The van der Waals surface area contributed by atoms with Crippen molar-refractivity contribution in [1.82, 2.24) is 9.13 Å². The first-order valence-electron chi connectivity index (χ1n) is 16.3. The molecule has 9 rings (SSSR count). The van der Waals surface area contributed by atoms with Gasteiger partial charge in [0.1, 0.15) is 6.07 Å². The van der Waals surface area contributed by atoms with Crippen LogP contribution in [0.4, 0.5) is 0 Å². The summed E-state index contributed by atoms with van der Waals surface area (Å²) >= 11 is 0. The largest absolute Gasteiger partial charge is 0.309 e. The molecule has 0 aliphatic heterocycles. The summed E-state index contributed by atoms with van der Waals surface area (Å²) in [6.45, 7) is 0. The number of nitrogens with zero attached hydrogens (tertiary/aromatic N) is 5. The van der Waals surface area contributed by atoms with Crippen molar-refractivity contribution in [2.75, 3.05) is 0 Å². The van der Waals surface area contributed by atoms with E-state index in [1.54, 1.807) is 0 Å². The number of nitriles is 3. The fourth-order valence-corrected chi connectivity index (χ4v) is 7.50. The molecule has 0 unspecified atom stereocenters.